The molecule has 0 aromatic carbocycles. The molecule has 58 heavy (non-hydrogen) atoms. The summed E-state index contributed by atoms with van der Waals surface area (Å²) in [6, 6.07) is 0. The van der Waals surface area contributed by atoms with Crippen molar-refractivity contribution in [1.29, 1.82) is 0 Å². The number of fused-ring (bicyclic) bond motifs is 10. The van der Waals surface area contributed by atoms with Crippen LogP contribution in [0.3, 0.4) is 0 Å². The lowest BCUT2D eigenvalue weighted by molar-refractivity contribution is -0.0575. The summed E-state index contributed by atoms with van der Waals surface area (Å²) < 4.78 is 0. The van der Waals surface area contributed by atoms with Crippen molar-refractivity contribution in [2.24, 2.45) is 86.8 Å². The topological polar surface area (TPSA) is 80.9 Å². The van der Waals surface area contributed by atoms with E-state index in [-0.39, 0.29) is 12.2 Å². The Morgan fingerprint density at radius 1 is 0.603 bits per heavy atom. The minimum absolute atomic E-state index is 0.0926. The van der Waals surface area contributed by atoms with Crippen LogP contribution < -0.4 is 0 Å². The summed E-state index contributed by atoms with van der Waals surface area (Å²) in [5.41, 5.74) is 4.46. The molecule has 0 spiro atoms. The highest BCUT2D eigenvalue weighted by atomic mass is 16.3. The second kappa shape index (κ2) is 17.5. The lowest BCUT2D eigenvalue weighted by atomic mass is 9.47. The Kier molecular flexibility index (Phi) is 13.7. The fourth-order valence-electron chi connectivity index (χ4n) is 17.4. The van der Waals surface area contributed by atoms with Gasteiger partial charge < -0.3 is 20.4 Å². The van der Waals surface area contributed by atoms with Crippen molar-refractivity contribution in [3.8, 4) is 0 Å². The molecule has 4 nitrogen and oxygen atoms in total. The van der Waals surface area contributed by atoms with Gasteiger partial charge >= 0.3 is 0 Å². The monoisotopic (exact) mass is 805 g/mol. The molecule has 0 aromatic rings. The normalized spacial score (nSPS) is 46.0. The Hall–Kier alpha value is -0.680. The molecule has 0 saturated heterocycles. The molecule has 0 heterocycles. The third kappa shape index (κ3) is 8.53. The van der Waals surface area contributed by atoms with E-state index in [0.717, 1.165) is 97.7 Å². The van der Waals surface area contributed by atoms with Gasteiger partial charge in [0.2, 0.25) is 0 Å². The second-order valence-corrected chi connectivity index (χ2v) is 24.6. The van der Waals surface area contributed by atoms with Crippen molar-refractivity contribution in [2.75, 3.05) is 6.61 Å². The molecule has 4 N–H and O–H groups in total. The molecule has 0 aliphatic heterocycles. The lowest BCUT2D eigenvalue weighted by Gasteiger charge is -2.58. The van der Waals surface area contributed by atoms with Crippen molar-refractivity contribution in [3.63, 3.8) is 0 Å². The van der Waals surface area contributed by atoms with Crippen LogP contribution in [0.2, 0.25) is 0 Å². The minimum Gasteiger partial charge on any atom is -0.396 e. The average molecular weight is 805 g/mol. The van der Waals surface area contributed by atoms with E-state index < -0.39 is 5.60 Å². The molecule has 17 atom stereocenters. The van der Waals surface area contributed by atoms with Crippen molar-refractivity contribution >= 4 is 0 Å². The molecule has 8 rings (SSSR count). The summed E-state index contributed by atoms with van der Waals surface area (Å²) in [6.45, 7) is 21.8. The van der Waals surface area contributed by atoms with E-state index in [1.165, 1.54) is 103 Å². The summed E-state index contributed by atoms with van der Waals surface area (Å²) in [4.78, 5) is 0. The van der Waals surface area contributed by atoms with Crippen LogP contribution >= 0.6 is 0 Å². The maximum Gasteiger partial charge on any atom is 0.0591 e. The Labute approximate surface area is 357 Å². The SMILES string of the molecule is CC(CO)CCC[C@@H](C)[C@H]1CC[C@H]2[C@@H]3CC=C4C[C@@H](O)CC[C@]4(C)[C@H]3CC[C@]12C.C[C@H](CCCC(C)(C)O)[C@H]1CC[C@H]2[C@@H]3CC=C4C[C@@H](O)CC[C@]4(C)[C@H]3CC[C@]12C. The highest BCUT2D eigenvalue weighted by molar-refractivity contribution is 5.27. The van der Waals surface area contributed by atoms with Gasteiger partial charge in [0.25, 0.3) is 0 Å². The summed E-state index contributed by atoms with van der Waals surface area (Å²) in [5.74, 6) is 9.06. The summed E-state index contributed by atoms with van der Waals surface area (Å²) in [6.07, 6.45) is 32.3. The molecule has 0 radical (unpaired) electrons. The van der Waals surface area contributed by atoms with Crippen LogP contribution in [0.4, 0.5) is 0 Å². The first-order valence-corrected chi connectivity index (χ1v) is 25.4. The summed E-state index contributed by atoms with van der Waals surface area (Å²) >= 11 is 0. The number of allylic oxidation sites excluding steroid dienone is 2. The summed E-state index contributed by atoms with van der Waals surface area (Å²) in [7, 11) is 0. The van der Waals surface area contributed by atoms with Crippen LogP contribution in [0.25, 0.3) is 0 Å². The zero-order valence-corrected chi connectivity index (χ0v) is 39.2. The van der Waals surface area contributed by atoms with Crippen molar-refractivity contribution < 1.29 is 20.4 Å². The van der Waals surface area contributed by atoms with Gasteiger partial charge in [-0.25, -0.2) is 0 Å². The second-order valence-electron chi connectivity index (χ2n) is 24.6. The molecule has 0 bridgehead atoms. The third-order valence-corrected chi connectivity index (χ3v) is 20.8. The van der Waals surface area contributed by atoms with Gasteiger partial charge in [-0.3, -0.25) is 0 Å². The first kappa shape index (κ1) is 45.3. The maximum atomic E-state index is 10.2. The quantitative estimate of drug-likeness (QED) is 0.157. The molecule has 332 valence electrons. The molecule has 6 fully saturated rings. The predicted octanol–water partition coefficient (Wildman–Crippen LogP) is 12.9. The number of hydrogen-bond acceptors (Lipinski definition) is 4. The van der Waals surface area contributed by atoms with E-state index in [1.807, 2.05) is 13.8 Å². The van der Waals surface area contributed by atoms with Gasteiger partial charge in [-0.2, -0.15) is 0 Å². The molecule has 8 aliphatic carbocycles. The number of rotatable bonds is 11. The van der Waals surface area contributed by atoms with Gasteiger partial charge in [-0.15, -0.1) is 0 Å². The molecule has 0 aromatic heterocycles. The first-order chi connectivity index (χ1) is 27.3. The fraction of sp³-hybridized carbons (Fsp3) is 0.926. The zero-order valence-electron chi connectivity index (χ0n) is 39.2. The molecular formula is C54H92O4. The van der Waals surface area contributed by atoms with Gasteiger partial charge in [0, 0.05) is 6.61 Å². The maximum absolute atomic E-state index is 10.2. The largest absolute Gasteiger partial charge is 0.396 e. The number of hydrogen-bond donors (Lipinski definition) is 4. The van der Waals surface area contributed by atoms with Gasteiger partial charge in [0.15, 0.2) is 0 Å². The third-order valence-electron chi connectivity index (χ3n) is 20.8. The van der Waals surface area contributed by atoms with Crippen LogP contribution in [0.5, 0.6) is 0 Å². The fourth-order valence-corrected chi connectivity index (χ4v) is 17.4. The molecule has 6 saturated carbocycles. The Bertz CT molecular complexity index is 1460. The van der Waals surface area contributed by atoms with Crippen LogP contribution in [-0.2, 0) is 0 Å². The predicted molar refractivity (Wildman–Crippen MR) is 241 cm³/mol. The lowest BCUT2D eigenvalue weighted by Crippen LogP contribution is -2.50. The van der Waals surface area contributed by atoms with Crippen LogP contribution in [0, 0.1) is 86.8 Å². The number of aliphatic hydroxyl groups excluding tert-OH is 3. The molecule has 8 aliphatic rings. The van der Waals surface area contributed by atoms with E-state index in [9.17, 15) is 20.4 Å². The van der Waals surface area contributed by atoms with Gasteiger partial charge in [0.05, 0.1) is 17.8 Å². The standard InChI is InChI=1S/2C27H46O2/c1-18(7-6-14-25(2,3)29)22-10-11-23-21-9-8-19-17-20(28)12-15-26(19,4)24(21)13-16-27(22,23)5;1-18(17-28)6-5-7-19(2)23-10-11-24-22-9-8-20-16-21(29)12-14-26(20,3)25(22)13-15-27(23,24)4/h8,18,20-24,28-29H,6-7,9-17H2,1-5H3;8,18-19,21-25,28-29H,5-7,9-17H2,1-4H3/t18-,20+,21+,22-,23+,24+,26+,27-;18?,19-,21+,22+,23-,24+,25+,26+,27-/m11/s1. The smallest absolute Gasteiger partial charge is 0.0591 e. The van der Waals surface area contributed by atoms with E-state index in [0.29, 0.717) is 34.2 Å². The van der Waals surface area contributed by atoms with E-state index in [2.05, 4.69) is 60.6 Å². The molecule has 4 heteroatoms. The highest BCUT2D eigenvalue weighted by Crippen LogP contribution is 2.69. The van der Waals surface area contributed by atoms with Crippen molar-refractivity contribution in [2.45, 2.75) is 221 Å². The molecule has 0 amide bonds. The molecular weight excluding hydrogens is 713 g/mol. The van der Waals surface area contributed by atoms with Crippen LogP contribution in [0.1, 0.15) is 204 Å². The molecule has 1 unspecified atom stereocenters. The summed E-state index contributed by atoms with van der Waals surface area (Å²) in [5, 5.41) is 39.8. The van der Waals surface area contributed by atoms with Gasteiger partial charge in [-0.1, -0.05) is 97.4 Å². The Morgan fingerprint density at radius 3 is 1.48 bits per heavy atom. The Balaban J connectivity index is 0.000000177. The van der Waals surface area contributed by atoms with E-state index in [1.54, 1.807) is 11.1 Å². The number of aliphatic hydroxyl groups is 4. The van der Waals surface area contributed by atoms with E-state index in [4.69, 9.17) is 0 Å². The highest BCUT2D eigenvalue weighted by Gasteiger charge is 2.60. The van der Waals surface area contributed by atoms with E-state index >= 15 is 0 Å². The van der Waals surface area contributed by atoms with Crippen molar-refractivity contribution in [3.05, 3.63) is 23.3 Å². The van der Waals surface area contributed by atoms with Gasteiger partial charge in [0.1, 0.15) is 0 Å². The minimum atomic E-state index is -0.519. The Morgan fingerprint density at radius 2 is 1.05 bits per heavy atom. The zero-order chi connectivity index (χ0) is 41.8. The van der Waals surface area contributed by atoms with Crippen LogP contribution in [-0.4, -0.2) is 44.8 Å². The van der Waals surface area contributed by atoms with Crippen LogP contribution in [0.15, 0.2) is 23.3 Å². The van der Waals surface area contributed by atoms with Gasteiger partial charge in [-0.05, 0) is 216 Å². The average Bonchev–Trinajstić information content (AvgIpc) is 3.72. The first-order valence-electron chi connectivity index (χ1n) is 25.4. The van der Waals surface area contributed by atoms with Crippen molar-refractivity contribution in [1.82, 2.24) is 0 Å².